The summed E-state index contributed by atoms with van der Waals surface area (Å²) < 4.78 is 3.43. The third-order valence-corrected chi connectivity index (χ3v) is 4.21. The van der Waals surface area contributed by atoms with Crippen molar-refractivity contribution in [2.24, 2.45) is 0 Å². The highest BCUT2D eigenvalue weighted by atomic mass is 127. The van der Waals surface area contributed by atoms with Crippen molar-refractivity contribution in [2.75, 3.05) is 0 Å². The average molecular weight is 327 g/mol. The molecule has 0 saturated carbocycles. The van der Waals surface area contributed by atoms with Gasteiger partial charge in [-0.25, -0.2) is 0 Å². The third kappa shape index (κ3) is 1.14. The van der Waals surface area contributed by atoms with E-state index in [1.807, 2.05) is 0 Å². The van der Waals surface area contributed by atoms with E-state index in [0.717, 1.165) is 12.2 Å². The summed E-state index contributed by atoms with van der Waals surface area (Å²) in [5, 5.41) is 4.42. The molecule has 0 aromatic carbocycles. The summed E-state index contributed by atoms with van der Waals surface area (Å²) >= 11 is 6.00. The molecule has 2 heterocycles. The highest BCUT2D eigenvalue weighted by molar-refractivity contribution is 14.1. The van der Waals surface area contributed by atoms with Crippen molar-refractivity contribution >= 4 is 38.5 Å². The van der Waals surface area contributed by atoms with Crippen LogP contribution in [-0.2, 0) is 6.54 Å². The van der Waals surface area contributed by atoms with E-state index in [1.54, 1.807) is 0 Å². The minimum atomic E-state index is 0.524. The maximum Gasteiger partial charge on any atom is 0.0730 e. The van der Waals surface area contributed by atoms with E-state index in [0.29, 0.717) is 4.83 Å². The highest BCUT2D eigenvalue weighted by Gasteiger charge is 2.25. The Kier molecular flexibility index (Phi) is 1.99. The van der Waals surface area contributed by atoms with Crippen LogP contribution in [0.4, 0.5) is 0 Å². The van der Waals surface area contributed by atoms with E-state index in [4.69, 9.17) is 0 Å². The van der Waals surface area contributed by atoms with Crippen LogP contribution in [0.15, 0.2) is 0 Å². The Bertz CT molecular complexity index is 295. The highest BCUT2D eigenvalue weighted by Crippen LogP contribution is 2.36. The number of aromatic nitrogens is 2. The van der Waals surface area contributed by atoms with Crippen LogP contribution in [-0.4, -0.2) is 9.78 Å². The smallest absolute Gasteiger partial charge is 0.0730 e. The number of aryl methyl sites for hydroxylation is 2. The second-order valence-electron chi connectivity index (χ2n) is 2.76. The molecule has 4 heteroatoms. The van der Waals surface area contributed by atoms with Gasteiger partial charge in [0, 0.05) is 6.54 Å². The number of hydrogen-bond acceptors (Lipinski definition) is 1. The maximum absolute atomic E-state index is 4.42. The zero-order valence-corrected chi connectivity index (χ0v) is 9.89. The number of hydrogen-bond donors (Lipinski definition) is 0. The SMILES string of the molecule is Cc1nn2c(c1I)C(Br)CC2. The van der Waals surface area contributed by atoms with E-state index in [-0.39, 0.29) is 0 Å². The molecule has 0 spiro atoms. The summed E-state index contributed by atoms with van der Waals surface area (Å²) in [5.74, 6) is 0. The van der Waals surface area contributed by atoms with Gasteiger partial charge in [-0.2, -0.15) is 5.10 Å². The lowest BCUT2D eigenvalue weighted by Crippen LogP contribution is -1.93. The van der Waals surface area contributed by atoms with Crippen molar-refractivity contribution < 1.29 is 0 Å². The molecule has 2 nitrogen and oxygen atoms in total. The van der Waals surface area contributed by atoms with Crippen LogP contribution >= 0.6 is 38.5 Å². The molecule has 2 rings (SSSR count). The first-order chi connectivity index (χ1) is 5.20. The Morgan fingerprint density at radius 2 is 2.45 bits per heavy atom. The molecule has 0 amide bonds. The lowest BCUT2D eigenvalue weighted by molar-refractivity contribution is 0.650. The van der Waals surface area contributed by atoms with Crippen molar-refractivity contribution in [1.82, 2.24) is 9.78 Å². The van der Waals surface area contributed by atoms with Gasteiger partial charge in [-0.15, -0.1) is 0 Å². The monoisotopic (exact) mass is 326 g/mol. The molecule has 1 aromatic rings. The van der Waals surface area contributed by atoms with Gasteiger partial charge in [0.05, 0.1) is 19.8 Å². The molecule has 0 N–H and O–H groups in total. The first-order valence-electron chi connectivity index (χ1n) is 3.57. The number of nitrogens with zero attached hydrogens (tertiary/aromatic N) is 2. The Morgan fingerprint density at radius 3 is 3.09 bits per heavy atom. The van der Waals surface area contributed by atoms with Gasteiger partial charge in [-0.05, 0) is 35.9 Å². The molecule has 1 aliphatic rings. The molecule has 1 aromatic heterocycles. The van der Waals surface area contributed by atoms with E-state index in [1.165, 1.54) is 15.7 Å². The van der Waals surface area contributed by atoms with E-state index < -0.39 is 0 Å². The van der Waals surface area contributed by atoms with Gasteiger partial charge in [0.2, 0.25) is 0 Å². The number of alkyl halides is 1. The fourth-order valence-electron chi connectivity index (χ4n) is 1.42. The molecular weight excluding hydrogens is 319 g/mol. The molecule has 1 unspecified atom stereocenters. The molecule has 11 heavy (non-hydrogen) atoms. The number of fused-ring (bicyclic) bond motifs is 1. The van der Waals surface area contributed by atoms with Crippen molar-refractivity contribution in [1.29, 1.82) is 0 Å². The standard InChI is InChI=1S/C7H8BrIN2/c1-4-6(9)7-5(8)2-3-11(7)10-4/h5H,2-3H2,1H3. The molecule has 0 radical (unpaired) electrons. The first kappa shape index (κ1) is 8.04. The fourth-order valence-corrected chi connectivity index (χ4v) is 3.28. The zero-order chi connectivity index (χ0) is 8.01. The third-order valence-electron chi connectivity index (χ3n) is 1.98. The quantitative estimate of drug-likeness (QED) is 0.529. The largest absolute Gasteiger partial charge is 0.267 e. The molecular formula is C7H8BrIN2. The van der Waals surface area contributed by atoms with Gasteiger partial charge in [0.15, 0.2) is 0 Å². The average Bonchev–Trinajstić information content (AvgIpc) is 2.41. The molecule has 0 aliphatic carbocycles. The Morgan fingerprint density at radius 1 is 1.73 bits per heavy atom. The summed E-state index contributed by atoms with van der Waals surface area (Å²) in [6, 6.07) is 0. The minimum Gasteiger partial charge on any atom is -0.267 e. The molecule has 0 bridgehead atoms. The number of rotatable bonds is 0. The lowest BCUT2D eigenvalue weighted by Gasteiger charge is -1.97. The van der Waals surface area contributed by atoms with E-state index in [2.05, 4.69) is 55.2 Å². The van der Waals surface area contributed by atoms with Crippen molar-refractivity contribution in [3.8, 4) is 0 Å². The number of halogens is 2. The van der Waals surface area contributed by atoms with Crippen LogP contribution in [0.5, 0.6) is 0 Å². The summed E-state index contributed by atoms with van der Waals surface area (Å²) in [6.45, 7) is 3.13. The summed E-state index contributed by atoms with van der Waals surface area (Å²) in [4.78, 5) is 0.524. The van der Waals surface area contributed by atoms with Crippen molar-refractivity contribution in [3.05, 3.63) is 15.0 Å². The predicted octanol–water partition coefficient (Wildman–Crippen LogP) is 2.64. The lowest BCUT2D eigenvalue weighted by atomic mass is 10.3. The Labute approximate surface area is 87.6 Å². The molecule has 0 fully saturated rings. The topological polar surface area (TPSA) is 17.8 Å². The van der Waals surface area contributed by atoms with Crippen molar-refractivity contribution in [3.63, 3.8) is 0 Å². The summed E-state index contributed by atoms with van der Waals surface area (Å²) in [5.41, 5.74) is 2.52. The summed E-state index contributed by atoms with van der Waals surface area (Å²) in [7, 11) is 0. The van der Waals surface area contributed by atoms with Crippen LogP contribution in [0.25, 0.3) is 0 Å². The van der Waals surface area contributed by atoms with Gasteiger partial charge in [-0.1, -0.05) is 15.9 Å². The summed E-state index contributed by atoms with van der Waals surface area (Å²) in [6.07, 6.45) is 1.18. The molecule has 1 aliphatic heterocycles. The van der Waals surface area contributed by atoms with Gasteiger partial charge >= 0.3 is 0 Å². The Balaban J connectivity index is 2.58. The van der Waals surface area contributed by atoms with Crippen LogP contribution in [0.3, 0.4) is 0 Å². The van der Waals surface area contributed by atoms with Gasteiger partial charge in [0.1, 0.15) is 0 Å². The second kappa shape index (κ2) is 2.73. The van der Waals surface area contributed by atoms with Crippen LogP contribution in [0.2, 0.25) is 0 Å². The molecule has 0 saturated heterocycles. The van der Waals surface area contributed by atoms with E-state index >= 15 is 0 Å². The van der Waals surface area contributed by atoms with Crippen LogP contribution in [0.1, 0.15) is 22.6 Å². The van der Waals surface area contributed by atoms with Crippen molar-refractivity contribution in [2.45, 2.75) is 24.7 Å². The molecule has 1 atom stereocenters. The fraction of sp³-hybridized carbons (Fsp3) is 0.571. The van der Waals surface area contributed by atoms with Crippen LogP contribution < -0.4 is 0 Å². The Hall–Kier alpha value is 0.420. The first-order valence-corrected chi connectivity index (χ1v) is 5.56. The van der Waals surface area contributed by atoms with Gasteiger partial charge in [-0.3, -0.25) is 4.68 Å². The molecule has 60 valence electrons. The normalized spacial score (nSPS) is 22.3. The predicted molar refractivity (Wildman–Crippen MR) is 56.0 cm³/mol. The van der Waals surface area contributed by atoms with Crippen LogP contribution in [0, 0.1) is 10.5 Å². The maximum atomic E-state index is 4.42. The van der Waals surface area contributed by atoms with E-state index in [9.17, 15) is 0 Å². The zero-order valence-electron chi connectivity index (χ0n) is 6.14. The minimum absolute atomic E-state index is 0.524. The second-order valence-corrected chi connectivity index (χ2v) is 4.95. The van der Waals surface area contributed by atoms with Gasteiger partial charge < -0.3 is 0 Å². The van der Waals surface area contributed by atoms with Gasteiger partial charge in [0.25, 0.3) is 0 Å².